The number of thiophene rings is 1. The maximum absolute atomic E-state index is 12.7. The van der Waals surface area contributed by atoms with Crippen LogP contribution in [0.1, 0.15) is 26.7 Å². The molecule has 21 heavy (non-hydrogen) atoms. The van der Waals surface area contributed by atoms with Gasteiger partial charge in [-0.2, -0.15) is 4.31 Å². The number of nitrogens with zero attached hydrogens (tertiary/aromatic N) is 2. The van der Waals surface area contributed by atoms with E-state index in [4.69, 9.17) is 0 Å². The molecule has 0 radical (unpaired) electrons. The van der Waals surface area contributed by atoms with Crippen LogP contribution in [0.5, 0.6) is 0 Å². The van der Waals surface area contributed by atoms with Gasteiger partial charge in [-0.15, -0.1) is 0 Å². The van der Waals surface area contributed by atoms with Crippen LogP contribution in [0.25, 0.3) is 0 Å². The molecule has 118 valence electrons. The number of hydrogen-bond acceptors (Lipinski definition) is 6. The maximum atomic E-state index is 12.7. The molecule has 0 spiro atoms. The van der Waals surface area contributed by atoms with Crippen molar-refractivity contribution in [2.45, 2.75) is 36.9 Å². The van der Waals surface area contributed by atoms with Gasteiger partial charge in [0.25, 0.3) is 10.0 Å². The third-order valence-electron chi connectivity index (χ3n) is 3.99. The van der Waals surface area contributed by atoms with Crippen molar-refractivity contribution in [3.05, 3.63) is 16.2 Å². The smallest absolute Gasteiger partial charge is 0.304 e. The number of nitrogens with one attached hydrogen (secondary N) is 1. The Kier molecular flexibility index (Phi) is 4.54. The first kappa shape index (κ1) is 16.2. The van der Waals surface area contributed by atoms with E-state index >= 15 is 0 Å². The van der Waals surface area contributed by atoms with Gasteiger partial charge >= 0.3 is 5.69 Å². The van der Waals surface area contributed by atoms with E-state index in [2.05, 4.69) is 5.32 Å². The van der Waals surface area contributed by atoms with E-state index in [1.165, 1.54) is 4.31 Å². The van der Waals surface area contributed by atoms with Gasteiger partial charge in [0, 0.05) is 25.7 Å². The van der Waals surface area contributed by atoms with Gasteiger partial charge in [0.05, 0.1) is 4.92 Å². The Morgan fingerprint density at radius 3 is 2.67 bits per heavy atom. The summed E-state index contributed by atoms with van der Waals surface area (Å²) >= 11 is 0.909. The highest BCUT2D eigenvalue weighted by Crippen LogP contribution is 2.39. The molecule has 0 aromatic carbocycles. The van der Waals surface area contributed by atoms with Gasteiger partial charge in [-0.05, 0) is 25.7 Å². The van der Waals surface area contributed by atoms with Crippen LogP contribution < -0.4 is 5.32 Å². The minimum absolute atomic E-state index is 0.0273. The fourth-order valence-electron chi connectivity index (χ4n) is 2.55. The van der Waals surface area contributed by atoms with Crippen LogP contribution >= 0.6 is 11.3 Å². The number of nitro groups is 1. The Labute approximate surface area is 128 Å². The normalized spacial score (nSPS) is 24.0. The summed E-state index contributed by atoms with van der Waals surface area (Å²) in [4.78, 5) is 10.4. The second-order valence-electron chi connectivity index (χ2n) is 5.26. The quantitative estimate of drug-likeness (QED) is 0.675. The minimum Gasteiger partial charge on any atom is -0.374 e. The second kappa shape index (κ2) is 5.90. The maximum Gasteiger partial charge on any atom is 0.304 e. The van der Waals surface area contributed by atoms with Crippen molar-refractivity contribution < 1.29 is 13.3 Å². The zero-order chi connectivity index (χ0) is 15.8. The van der Waals surface area contributed by atoms with Crippen molar-refractivity contribution in [1.29, 1.82) is 0 Å². The first-order valence-electron chi connectivity index (χ1n) is 6.77. The number of rotatable bonds is 4. The summed E-state index contributed by atoms with van der Waals surface area (Å²) in [6.45, 7) is 4.39. The average Bonchev–Trinajstić information content (AvgIpc) is 2.86. The van der Waals surface area contributed by atoms with Gasteiger partial charge in [-0.25, -0.2) is 8.42 Å². The van der Waals surface area contributed by atoms with Crippen molar-refractivity contribution >= 4 is 32.0 Å². The molecule has 1 fully saturated rings. The summed E-state index contributed by atoms with van der Waals surface area (Å²) in [5.74, 6) is 0.284. The summed E-state index contributed by atoms with van der Waals surface area (Å²) in [7, 11) is -2.14. The van der Waals surface area contributed by atoms with Crippen LogP contribution in [0.15, 0.2) is 10.3 Å². The SMILES string of the molecule is CNc1sc(S(=O)(=O)N2CCCC(C)C2C)cc1[N+](=O)[O-]. The van der Waals surface area contributed by atoms with Crippen molar-refractivity contribution in [3.63, 3.8) is 0 Å². The monoisotopic (exact) mass is 333 g/mol. The Hall–Kier alpha value is -1.19. The lowest BCUT2D eigenvalue weighted by Crippen LogP contribution is -2.45. The lowest BCUT2D eigenvalue weighted by Gasteiger charge is -2.36. The zero-order valence-corrected chi connectivity index (χ0v) is 13.8. The van der Waals surface area contributed by atoms with E-state index in [1.54, 1.807) is 7.05 Å². The van der Waals surface area contributed by atoms with Crippen LogP contribution in [-0.4, -0.2) is 37.3 Å². The molecule has 0 amide bonds. The Bertz CT molecular complexity index is 641. The van der Waals surface area contributed by atoms with Gasteiger partial charge in [0.15, 0.2) is 5.00 Å². The molecule has 1 aliphatic rings. The number of piperidine rings is 1. The van der Waals surface area contributed by atoms with Gasteiger partial charge in [-0.1, -0.05) is 18.3 Å². The Balaban J connectivity index is 2.42. The molecule has 0 bridgehead atoms. The predicted molar refractivity (Wildman–Crippen MR) is 82.3 cm³/mol. The van der Waals surface area contributed by atoms with Crippen LogP contribution in [0.2, 0.25) is 0 Å². The zero-order valence-electron chi connectivity index (χ0n) is 12.2. The number of sulfonamides is 1. The first-order valence-corrected chi connectivity index (χ1v) is 9.02. The van der Waals surface area contributed by atoms with Crippen LogP contribution in [0.3, 0.4) is 0 Å². The molecule has 7 nitrogen and oxygen atoms in total. The van der Waals surface area contributed by atoms with Crippen molar-refractivity contribution in [2.75, 3.05) is 18.9 Å². The molecule has 2 rings (SSSR count). The largest absolute Gasteiger partial charge is 0.374 e. The fourth-order valence-corrected chi connectivity index (χ4v) is 5.73. The van der Waals surface area contributed by atoms with E-state index in [9.17, 15) is 18.5 Å². The predicted octanol–water partition coefficient (Wildman–Crippen LogP) is 2.51. The average molecular weight is 333 g/mol. The summed E-state index contributed by atoms with van der Waals surface area (Å²) < 4.78 is 27.0. The Morgan fingerprint density at radius 1 is 1.48 bits per heavy atom. The highest BCUT2D eigenvalue weighted by molar-refractivity contribution is 7.91. The minimum atomic E-state index is -3.68. The highest BCUT2D eigenvalue weighted by atomic mass is 32.2. The van der Waals surface area contributed by atoms with Gasteiger partial charge < -0.3 is 5.32 Å². The molecule has 2 atom stereocenters. The molecule has 1 aliphatic heterocycles. The van der Waals surface area contributed by atoms with Gasteiger partial charge in [-0.3, -0.25) is 10.1 Å². The Morgan fingerprint density at radius 2 is 2.14 bits per heavy atom. The molecular formula is C12H19N3O4S2. The molecule has 9 heteroatoms. The summed E-state index contributed by atoms with van der Waals surface area (Å²) in [5, 5.41) is 13.9. The van der Waals surface area contributed by atoms with E-state index in [0.29, 0.717) is 6.54 Å². The van der Waals surface area contributed by atoms with Gasteiger partial charge in [0.1, 0.15) is 4.21 Å². The van der Waals surface area contributed by atoms with Crippen molar-refractivity contribution in [2.24, 2.45) is 5.92 Å². The van der Waals surface area contributed by atoms with Crippen LogP contribution in [0.4, 0.5) is 10.7 Å². The standard InChI is InChI=1S/C12H19N3O4S2/c1-8-5-4-6-14(9(8)2)21(18,19)11-7-10(15(16)17)12(13-3)20-11/h7-9,13H,4-6H2,1-3H3. The lowest BCUT2D eigenvalue weighted by molar-refractivity contribution is -0.383. The summed E-state index contributed by atoms with van der Waals surface area (Å²) in [6.07, 6.45) is 1.82. The molecule has 1 aromatic heterocycles. The third kappa shape index (κ3) is 2.90. The molecule has 0 aliphatic carbocycles. The molecule has 2 heterocycles. The molecule has 0 saturated carbocycles. The van der Waals surface area contributed by atoms with E-state index in [-0.39, 0.29) is 26.9 Å². The van der Waals surface area contributed by atoms with E-state index in [1.807, 2.05) is 13.8 Å². The number of hydrogen-bond donors (Lipinski definition) is 1. The fraction of sp³-hybridized carbons (Fsp3) is 0.667. The first-order chi connectivity index (χ1) is 9.78. The lowest BCUT2D eigenvalue weighted by atomic mass is 9.94. The highest BCUT2D eigenvalue weighted by Gasteiger charge is 2.37. The van der Waals surface area contributed by atoms with E-state index in [0.717, 1.165) is 30.2 Å². The van der Waals surface area contributed by atoms with Crippen molar-refractivity contribution in [1.82, 2.24) is 4.31 Å². The molecule has 1 N–H and O–H groups in total. The van der Waals surface area contributed by atoms with Crippen molar-refractivity contribution in [3.8, 4) is 0 Å². The summed E-state index contributed by atoms with van der Waals surface area (Å²) in [6, 6.07) is 1.06. The molecule has 1 saturated heterocycles. The van der Waals surface area contributed by atoms with Crippen LogP contribution in [-0.2, 0) is 10.0 Å². The van der Waals surface area contributed by atoms with Crippen LogP contribution in [0, 0.1) is 16.0 Å². The van der Waals surface area contributed by atoms with Gasteiger partial charge in [0.2, 0.25) is 0 Å². The topological polar surface area (TPSA) is 92.6 Å². The third-order valence-corrected chi connectivity index (χ3v) is 7.57. The number of anilines is 1. The molecule has 1 aromatic rings. The second-order valence-corrected chi connectivity index (χ2v) is 8.43. The van der Waals surface area contributed by atoms with E-state index < -0.39 is 14.9 Å². The molecular weight excluding hydrogens is 314 g/mol. The summed E-state index contributed by atoms with van der Waals surface area (Å²) in [5.41, 5.74) is -0.196. The molecule has 2 unspecified atom stereocenters.